The summed E-state index contributed by atoms with van der Waals surface area (Å²) >= 11 is 1.10. The number of hydrogen-bond donors (Lipinski definition) is 2. The van der Waals surface area contributed by atoms with Gasteiger partial charge in [0.2, 0.25) is 0 Å². The first kappa shape index (κ1) is 17.8. The third-order valence-corrected chi connectivity index (χ3v) is 8.26. The van der Waals surface area contributed by atoms with Crippen molar-refractivity contribution >= 4 is 27.3 Å². The molecule has 1 aromatic rings. The Morgan fingerprint density at radius 1 is 1.46 bits per heavy atom. The fourth-order valence-electron chi connectivity index (χ4n) is 3.46. The topological polar surface area (TPSA) is 95.9 Å². The predicted molar refractivity (Wildman–Crippen MR) is 90.1 cm³/mol. The van der Waals surface area contributed by atoms with E-state index in [0.29, 0.717) is 38.2 Å². The van der Waals surface area contributed by atoms with Crippen LogP contribution in [0, 0.1) is 0 Å². The Bertz CT molecular complexity index is 726. The summed E-state index contributed by atoms with van der Waals surface area (Å²) in [7, 11) is -2.29. The van der Waals surface area contributed by atoms with Gasteiger partial charge in [-0.3, -0.25) is 0 Å². The standard InChI is InChI=1S/C15H22N2O5S2/c1-22-9-10-4-2-3-7-17(10)24(20,21)15-13(14(18)19)11-5-6-16-8-12(11)23-15/h10,16H,2-9H2,1H3,(H,18,19). The first-order chi connectivity index (χ1) is 11.5. The summed E-state index contributed by atoms with van der Waals surface area (Å²) in [4.78, 5) is 12.6. The Kier molecular flexibility index (Phi) is 5.26. The summed E-state index contributed by atoms with van der Waals surface area (Å²) in [6, 6.07) is -0.229. The van der Waals surface area contributed by atoms with Gasteiger partial charge in [0.15, 0.2) is 0 Å². The lowest BCUT2D eigenvalue weighted by atomic mass is 10.1. The molecule has 7 nitrogen and oxygen atoms in total. The summed E-state index contributed by atoms with van der Waals surface area (Å²) in [5, 5.41) is 12.8. The van der Waals surface area contributed by atoms with Crippen molar-refractivity contribution in [2.75, 3.05) is 26.8 Å². The first-order valence-corrected chi connectivity index (χ1v) is 10.3. The summed E-state index contributed by atoms with van der Waals surface area (Å²) in [5.74, 6) is -1.16. The monoisotopic (exact) mass is 374 g/mol. The van der Waals surface area contributed by atoms with Gasteiger partial charge in [-0.05, 0) is 31.4 Å². The smallest absolute Gasteiger partial charge is 0.338 e. The molecule has 1 fully saturated rings. The Hall–Kier alpha value is -1.00. The minimum atomic E-state index is -3.84. The number of piperidine rings is 1. The van der Waals surface area contributed by atoms with Gasteiger partial charge in [-0.1, -0.05) is 6.42 Å². The molecule has 0 amide bonds. The number of rotatable bonds is 5. The molecule has 24 heavy (non-hydrogen) atoms. The number of fused-ring (bicyclic) bond motifs is 1. The number of ether oxygens (including phenoxy) is 1. The molecule has 9 heteroatoms. The van der Waals surface area contributed by atoms with Gasteiger partial charge in [0.25, 0.3) is 10.0 Å². The lowest BCUT2D eigenvalue weighted by Gasteiger charge is -2.33. The zero-order chi connectivity index (χ0) is 17.3. The predicted octanol–water partition coefficient (Wildman–Crippen LogP) is 1.28. The van der Waals surface area contributed by atoms with Crippen LogP contribution in [0.2, 0.25) is 0 Å². The number of carbonyl (C=O) groups is 1. The highest BCUT2D eigenvalue weighted by atomic mass is 32.2. The third-order valence-electron chi connectivity index (χ3n) is 4.58. The fourth-order valence-corrected chi connectivity index (χ4v) is 7.12. The largest absolute Gasteiger partial charge is 0.478 e. The van der Waals surface area contributed by atoms with E-state index in [1.165, 1.54) is 4.31 Å². The number of thiophene rings is 1. The highest BCUT2D eigenvalue weighted by Gasteiger charge is 2.39. The molecule has 134 valence electrons. The van der Waals surface area contributed by atoms with E-state index >= 15 is 0 Å². The molecule has 0 aliphatic carbocycles. The average molecular weight is 374 g/mol. The molecule has 1 unspecified atom stereocenters. The van der Waals surface area contributed by atoms with Gasteiger partial charge in [-0.25, -0.2) is 13.2 Å². The van der Waals surface area contributed by atoms with Gasteiger partial charge >= 0.3 is 5.97 Å². The van der Waals surface area contributed by atoms with Crippen LogP contribution in [-0.2, 0) is 27.7 Å². The summed E-state index contributed by atoms with van der Waals surface area (Å²) in [6.45, 7) is 1.93. The SMILES string of the molecule is COCC1CCCCN1S(=O)(=O)c1sc2c(c1C(=O)O)CCNC2. The maximum atomic E-state index is 13.2. The molecule has 0 aromatic carbocycles. The second-order valence-corrected chi connectivity index (χ2v) is 9.31. The van der Waals surface area contributed by atoms with Crippen molar-refractivity contribution in [3.8, 4) is 0 Å². The van der Waals surface area contributed by atoms with Crippen LogP contribution in [0.3, 0.4) is 0 Å². The number of carboxylic acids is 1. The highest BCUT2D eigenvalue weighted by molar-refractivity contribution is 7.91. The van der Waals surface area contributed by atoms with Gasteiger partial charge in [-0.2, -0.15) is 4.31 Å². The molecular weight excluding hydrogens is 352 g/mol. The maximum absolute atomic E-state index is 13.2. The molecule has 1 atom stereocenters. The lowest BCUT2D eigenvalue weighted by molar-refractivity contribution is 0.0691. The van der Waals surface area contributed by atoms with E-state index in [4.69, 9.17) is 4.74 Å². The maximum Gasteiger partial charge on any atom is 0.338 e. The van der Waals surface area contributed by atoms with E-state index in [2.05, 4.69) is 5.32 Å². The molecule has 0 saturated carbocycles. The van der Waals surface area contributed by atoms with Crippen LogP contribution in [0.5, 0.6) is 0 Å². The van der Waals surface area contributed by atoms with Crippen LogP contribution in [0.25, 0.3) is 0 Å². The van der Waals surface area contributed by atoms with Crippen molar-refractivity contribution in [3.05, 3.63) is 16.0 Å². The number of nitrogens with zero attached hydrogens (tertiary/aromatic N) is 1. The van der Waals surface area contributed by atoms with Gasteiger partial charge in [-0.15, -0.1) is 11.3 Å². The summed E-state index contributed by atoms with van der Waals surface area (Å²) in [5.41, 5.74) is 0.642. The van der Waals surface area contributed by atoms with Crippen LogP contribution in [0.15, 0.2) is 4.21 Å². The lowest BCUT2D eigenvalue weighted by Crippen LogP contribution is -2.45. The molecule has 1 saturated heterocycles. The first-order valence-electron chi connectivity index (χ1n) is 8.06. The molecule has 0 spiro atoms. The Balaban J connectivity index is 2.06. The Morgan fingerprint density at radius 3 is 2.96 bits per heavy atom. The van der Waals surface area contributed by atoms with Gasteiger partial charge in [0.05, 0.1) is 12.2 Å². The fraction of sp³-hybridized carbons (Fsp3) is 0.667. The normalized spacial score (nSPS) is 22.3. The molecule has 2 aliphatic heterocycles. The third kappa shape index (κ3) is 3.11. The van der Waals surface area contributed by atoms with Crippen molar-refractivity contribution in [2.24, 2.45) is 0 Å². The van der Waals surface area contributed by atoms with E-state index in [1.54, 1.807) is 7.11 Å². The van der Waals surface area contributed by atoms with E-state index in [1.807, 2.05) is 0 Å². The van der Waals surface area contributed by atoms with Crippen molar-refractivity contribution in [3.63, 3.8) is 0 Å². The molecule has 0 bridgehead atoms. The minimum Gasteiger partial charge on any atom is -0.478 e. The number of methoxy groups -OCH3 is 1. The van der Waals surface area contributed by atoms with Crippen molar-refractivity contribution in [1.82, 2.24) is 9.62 Å². The quantitative estimate of drug-likeness (QED) is 0.806. The van der Waals surface area contributed by atoms with Gasteiger partial charge < -0.3 is 15.2 Å². The summed E-state index contributed by atoms with van der Waals surface area (Å²) in [6.07, 6.45) is 3.03. The average Bonchev–Trinajstić information content (AvgIpc) is 2.96. The molecule has 2 N–H and O–H groups in total. The molecule has 3 heterocycles. The minimum absolute atomic E-state index is 0.0216. The number of carboxylic acid groups (broad SMARTS) is 1. The second kappa shape index (κ2) is 7.09. The Morgan fingerprint density at radius 2 is 2.25 bits per heavy atom. The van der Waals surface area contributed by atoms with Crippen molar-refractivity contribution < 1.29 is 23.1 Å². The van der Waals surface area contributed by atoms with Crippen LogP contribution in [0.4, 0.5) is 0 Å². The zero-order valence-electron chi connectivity index (χ0n) is 13.6. The zero-order valence-corrected chi connectivity index (χ0v) is 15.2. The number of sulfonamides is 1. The van der Waals surface area contributed by atoms with Crippen LogP contribution in [-0.4, -0.2) is 56.6 Å². The van der Waals surface area contributed by atoms with Crippen LogP contribution in [0.1, 0.15) is 40.1 Å². The van der Waals surface area contributed by atoms with E-state index in [0.717, 1.165) is 35.5 Å². The molecular formula is C15H22N2O5S2. The number of hydrogen-bond acceptors (Lipinski definition) is 6. The molecule has 2 aliphatic rings. The van der Waals surface area contributed by atoms with Crippen LogP contribution < -0.4 is 5.32 Å². The van der Waals surface area contributed by atoms with E-state index in [-0.39, 0.29) is 15.8 Å². The van der Waals surface area contributed by atoms with Gasteiger partial charge in [0.1, 0.15) is 4.21 Å². The summed E-state index contributed by atoms with van der Waals surface area (Å²) < 4.78 is 33.0. The van der Waals surface area contributed by atoms with Crippen molar-refractivity contribution in [2.45, 2.75) is 42.5 Å². The molecule has 3 rings (SSSR count). The number of nitrogens with one attached hydrogen (secondary N) is 1. The Labute approximate surface area is 145 Å². The van der Waals surface area contributed by atoms with E-state index in [9.17, 15) is 18.3 Å². The highest BCUT2D eigenvalue weighted by Crippen LogP contribution is 2.37. The molecule has 1 aromatic heterocycles. The van der Waals surface area contributed by atoms with Gasteiger partial charge in [0, 0.05) is 31.1 Å². The second-order valence-electron chi connectivity index (χ2n) is 6.12. The van der Waals surface area contributed by atoms with Crippen LogP contribution >= 0.6 is 11.3 Å². The van der Waals surface area contributed by atoms with Crippen molar-refractivity contribution in [1.29, 1.82) is 0 Å². The van der Waals surface area contributed by atoms with E-state index < -0.39 is 16.0 Å². The number of aromatic carboxylic acids is 1. The molecule has 0 radical (unpaired) electrons.